The standard InChI is InChI=1S/C20H35N3O11/c1-4-5-12(28)23-19-13(21-8(2)26)17(31)18(11(7-25)32-19)34-20-14(22-9(3)27)16(30)15(29)10(6-24)33-20/h10-11,13-20,24-25,29-31H,4-7H2,1-3H3,(H,21,26)(H,22,27)(H,23,28)/t10?,11?,13?,14?,15-,16-,17-,18-,19-,20+/m1/s1. The summed E-state index contributed by atoms with van der Waals surface area (Å²) in [5.41, 5.74) is 0. The van der Waals surface area contributed by atoms with Gasteiger partial charge in [0.15, 0.2) is 12.5 Å². The Labute approximate surface area is 196 Å². The highest BCUT2D eigenvalue weighted by Gasteiger charge is 2.51. The van der Waals surface area contributed by atoms with Crippen LogP contribution in [-0.4, -0.2) is 118 Å². The van der Waals surface area contributed by atoms with Crippen LogP contribution in [0.4, 0.5) is 0 Å². The molecule has 10 atom stereocenters. The van der Waals surface area contributed by atoms with Crippen LogP contribution in [0.5, 0.6) is 0 Å². The number of rotatable bonds is 9. The van der Waals surface area contributed by atoms with Gasteiger partial charge in [0.25, 0.3) is 0 Å². The molecule has 0 radical (unpaired) electrons. The number of carbonyl (C=O) groups excluding carboxylic acids is 3. The smallest absolute Gasteiger partial charge is 0.222 e. The molecule has 34 heavy (non-hydrogen) atoms. The van der Waals surface area contributed by atoms with Gasteiger partial charge in [-0.05, 0) is 6.42 Å². The molecule has 0 bridgehead atoms. The number of hydrogen-bond acceptors (Lipinski definition) is 11. The molecule has 2 rings (SSSR count). The lowest BCUT2D eigenvalue weighted by Crippen LogP contribution is -2.71. The maximum atomic E-state index is 12.1. The van der Waals surface area contributed by atoms with Gasteiger partial charge in [0.1, 0.15) is 48.7 Å². The molecule has 4 unspecified atom stereocenters. The van der Waals surface area contributed by atoms with Crippen LogP contribution in [0, 0.1) is 0 Å². The number of carbonyl (C=O) groups is 3. The molecule has 3 amide bonds. The van der Waals surface area contributed by atoms with E-state index < -0.39 is 92.2 Å². The van der Waals surface area contributed by atoms with Crippen LogP contribution in [0.15, 0.2) is 0 Å². The van der Waals surface area contributed by atoms with E-state index in [2.05, 4.69) is 16.0 Å². The molecule has 14 nitrogen and oxygen atoms in total. The molecule has 14 heteroatoms. The third-order valence-electron chi connectivity index (χ3n) is 5.59. The lowest BCUT2D eigenvalue weighted by molar-refractivity contribution is -0.315. The molecule has 0 aromatic heterocycles. The average molecular weight is 494 g/mol. The Balaban J connectivity index is 2.30. The minimum Gasteiger partial charge on any atom is -0.394 e. The first-order valence-corrected chi connectivity index (χ1v) is 11.1. The van der Waals surface area contributed by atoms with Gasteiger partial charge in [-0.25, -0.2) is 0 Å². The van der Waals surface area contributed by atoms with Crippen molar-refractivity contribution in [3.05, 3.63) is 0 Å². The lowest BCUT2D eigenvalue weighted by Gasteiger charge is -2.48. The molecule has 0 spiro atoms. The van der Waals surface area contributed by atoms with E-state index in [0.29, 0.717) is 6.42 Å². The van der Waals surface area contributed by atoms with E-state index in [0.717, 1.165) is 0 Å². The Morgan fingerprint density at radius 2 is 1.41 bits per heavy atom. The van der Waals surface area contributed by atoms with E-state index in [1.807, 2.05) is 0 Å². The average Bonchev–Trinajstić information content (AvgIpc) is 2.76. The van der Waals surface area contributed by atoms with Crippen molar-refractivity contribution in [2.24, 2.45) is 0 Å². The summed E-state index contributed by atoms with van der Waals surface area (Å²) >= 11 is 0. The molecule has 0 saturated carbocycles. The predicted octanol–water partition coefficient (Wildman–Crippen LogP) is -4.19. The van der Waals surface area contributed by atoms with Crippen molar-refractivity contribution in [1.82, 2.24) is 16.0 Å². The second-order valence-corrected chi connectivity index (χ2v) is 8.35. The highest BCUT2D eigenvalue weighted by atomic mass is 16.7. The Morgan fingerprint density at radius 3 is 1.94 bits per heavy atom. The van der Waals surface area contributed by atoms with Gasteiger partial charge in [-0.3, -0.25) is 14.4 Å². The van der Waals surface area contributed by atoms with E-state index in [4.69, 9.17) is 14.2 Å². The van der Waals surface area contributed by atoms with Crippen molar-refractivity contribution in [2.75, 3.05) is 13.2 Å². The largest absolute Gasteiger partial charge is 0.394 e. The fourth-order valence-corrected chi connectivity index (χ4v) is 3.99. The van der Waals surface area contributed by atoms with Gasteiger partial charge < -0.3 is 55.7 Å². The van der Waals surface area contributed by atoms with Gasteiger partial charge in [0.2, 0.25) is 17.7 Å². The summed E-state index contributed by atoms with van der Waals surface area (Å²) in [4.78, 5) is 35.5. The summed E-state index contributed by atoms with van der Waals surface area (Å²) < 4.78 is 17.0. The molecule has 2 fully saturated rings. The van der Waals surface area contributed by atoms with E-state index >= 15 is 0 Å². The van der Waals surface area contributed by atoms with Crippen molar-refractivity contribution in [3.63, 3.8) is 0 Å². The van der Waals surface area contributed by atoms with Gasteiger partial charge >= 0.3 is 0 Å². The molecule has 0 aromatic rings. The van der Waals surface area contributed by atoms with Crippen LogP contribution in [0.25, 0.3) is 0 Å². The van der Waals surface area contributed by atoms with Crippen molar-refractivity contribution in [2.45, 2.75) is 94.8 Å². The SMILES string of the molecule is CCCC(=O)N[C@@H]1OC(CO)[C@@H](O[C@@H]2OC(CO)[C@@H](O)[C@H](O)C2NC(C)=O)[C@H](O)C1NC(C)=O. The predicted molar refractivity (Wildman–Crippen MR) is 113 cm³/mol. The molecular weight excluding hydrogens is 458 g/mol. The van der Waals surface area contributed by atoms with Gasteiger partial charge in [-0.15, -0.1) is 0 Å². The van der Waals surface area contributed by atoms with Crippen LogP contribution in [0.3, 0.4) is 0 Å². The summed E-state index contributed by atoms with van der Waals surface area (Å²) in [5, 5.41) is 58.5. The monoisotopic (exact) mass is 493 g/mol. The van der Waals surface area contributed by atoms with Crippen LogP contribution in [0.1, 0.15) is 33.6 Å². The zero-order chi connectivity index (χ0) is 25.6. The minimum absolute atomic E-state index is 0.170. The summed E-state index contributed by atoms with van der Waals surface area (Å²) in [6, 6.07) is -2.49. The van der Waals surface area contributed by atoms with E-state index in [1.54, 1.807) is 6.92 Å². The topological polar surface area (TPSA) is 216 Å². The Hall–Kier alpha value is -1.91. The third kappa shape index (κ3) is 6.82. The van der Waals surface area contributed by atoms with Gasteiger partial charge in [0.05, 0.1) is 13.2 Å². The molecule has 0 aromatic carbocycles. The van der Waals surface area contributed by atoms with Gasteiger partial charge in [-0.2, -0.15) is 0 Å². The molecule has 2 saturated heterocycles. The lowest BCUT2D eigenvalue weighted by atomic mass is 9.94. The number of aliphatic hydroxyl groups excluding tert-OH is 5. The fourth-order valence-electron chi connectivity index (χ4n) is 3.99. The van der Waals surface area contributed by atoms with E-state index in [1.165, 1.54) is 13.8 Å². The van der Waals surface area contributed by atoms with Gasteiger partial charge in [0, 0.05) is 20.3 Å². The molecule has 2 aliphatic heterocycles. The first-order valence-electron chi connectivity index (χ1n) is 11.1. The molecular formula is C20H35N3O11. The van der Waals surface area contributed by atoms with Crippen LogP contribution in [-0.2, 0) is 28.6 Å². The Kier molecular flexibility index (Phi) is 10.6. The third-order valence-corrected chi connectivity index (χ3v) is 5.59. The quantitative estimate of drug-likeness (QED) is 0.154. The summed E-state index contributed by atoms with van der Waals surface area (Å²) in [6.07, 6.45) is -10.5. The van der Waals surface area contributed by atoms with Gasteiger partial charge in [-0.1, -0.05) is 6.92 Å². The first-order chi connectivity index (χ1) is 16.0. The van der Waals surface area contributed by atoms with Crippen molar-refractivity contribution >= 4 is 17.7 Å². The maximum Gasteiger partial charge on any atom is 0.222 e. The van der Waals surface area contributed by atoms with E-state index in [-0.39, 0.29) is 6.42 Å². The van der Waals surface area contributed by atoms with Crippen molar-refractivity contribution in [1.29, 1.82) is 0 Å². The number of ether oxygens (including phenoxy) is 3. The summed E-state index contributed by atoms with van der Waals surface area (Å²) in [6.45, 7) is 2.81. The van der Waals surface area contributed by atoms with Crippen LogP contribution >= 0.6 is 0 Å². The Bertz CT molecular complexity index is 711. The van der Waals surface area contributed by atoms with Crippen molar-refractivity contribution in [3.8, 4) is 0 Å². The number of aliphatic hydroxyl groups is 5. The number of hydrogen-bond donors (Lipinski definition) is 8. The number of nitrogens with one attached hydrogen (secondary N) is 3. The Morgan fingerprint density at radius 1 is 0.824 bits per heavy atom. The van der Waals surface area contributed by atoms with E-state index in [9.17, 15) is 39.9 Å². The summed E-state index contributed by atoms with van der Waals surface area (Å²) in [5.74, 6) is -1.51. The fraction of sp³-hybridized carbons (Fsp3) is 0.850. The molecule has 2 aliphatic rings. The molecule has 8 N–H and O–H groups in total. The van der Waals surface area contributed by atoms with Crippen LogP contribution < -0.4 is 16.0 Å². The number of amides is 3. The second-order valence-electron chi connectivity index (χ2n) is 8.35. The first kappa shape index (κ1) is 28.3. The summed E-state index contributed by atoms with van der Waals surface area (Å²) in [7, 11) is 0. The molecule has 0 aliphatic carbocycles. The van der Waals surface area contributed by atoms with Crippen LogP contribution in [0.2, 0.25) is 0 Å². The normalized spacial score (nSPS) is 38.1. The second kappa shape index (κ2) is 12.7. The zero-order valence-corrected chi connectivity index (χ0v) is 19.3. The highest BCUT2D eigenvalue weighted by molar-refractivity contribution is 5.76. The van der Waals surface area contributed by atoms with Crippen molar-refractivity contribution < 1.29 is 54.1 Å². The minimum atomic E-state index is -1.60. The molecule has 2 heterocycles. The maximum absolute atomic E-state index is 12.1. The highest BCUT2D eigenvalue weighted by Crippen LogP contribution is 2.29. The molecule has 196 valence electrons. The zero-order valence-electron chi connectivity index (χ0n) is 19.3.